The Morgan fingerprint density at radius 1 is 0.840 bits per heavy atom. The highest BCUT2D eigenvalue weighted by Gasteiger charge is 2.24. The zero-order chi connectivity index (χ0) is 17.1. The van der Waals surface area contributed by atoms with Gasteiger partial charge in [-0.3, -0.25) is 0 Å². The van der Waals surface area contributed by atoms with Crippen molar-refractivity contribution in [3.8, 4) is 0 Å². The predicted octanol–water partition coefficient (Wildman–Crippen LogP) is 6.22. The lowest BCUT2D eigenvalue weighted by molar-refractivity contribution is 0.319. The van der Waals surface area contributed by atoms with E-state index in [4.69, 9.17) is 0 Å². The van der Waals surface area contributed by atoms with Crippen LogP contribution in [0.25, 0.3) is 10.8 Å². The molecule has 0 aliphatic heterocycles. The quantitative estimate of drug-likeness (QED) is 0.599. The highest BCUT2D eigenvalue weighted by Crippen LogP contribution is 2.34. The Balaban J connectivity index is 1.49. The molecule has 0 radical (unpaired) electrons. The number of nitrogens with one attached hydrogen (secondary N) is 1. The lowest BCUT2D eigenvalue weighted by Crippen LogP contribution is -2.35. The van der Waals surface area contributed by atoms with Gasteiger partial charge >= 0.3 is 0 Å². The first-order valence-corrected chi connectivity index (χ1v) is 9.60. The molecule has 0 bridgehead atoms. The molecule has 4 rings (SSSR count). The molecular formula is C24H27N. The van der Waals surface area contributed by atoms with E-state index in [9.17, 15) is 0 Å². The van der Waals surface area contributed by atoms with Crippen LogP contribution in [-0.2, 0) is 0 Å². The van der Waals surface area contributed by atoms with Gasteiger partial charge in [-0.2, -0.15) is 0 Å². The van der Waals surface area contributed by atoms with Gasteiger partial charge in [0.05, 0.1) is 0 Å². The van der Waals surface area contributed by atoms with Crippen molar-refractivity contribution in [3.05, 3.63) is 83.9 Å². The van der Waals surface area contributed by atoms with E-state index in [0.29, 0.717) is 18.0 Å². The molecule has 0 spiro atoms. The molecule has 1 heteroatoms. The van der Waals surface area contributed by atoms with E-state index in [0.717, 1.165) is 0 Å². The molecule has 1 N–H and O–H groups in total. The second kappa shape index (κ2) is 7.41. The maximum atomic E-state index is 3.93. The van der Waals surface area contributed by atoms with E-state index in [2.05, 4.69) is 85.0 Å². The first-order valence-electron chi connectivity index (χ1n) is 9.60. The second-order valence-electron chi connectivity index (χ2n) is 7.43. The zero-order valence-corrected chi connectivity index (χ0v) is 15.0. The van der Waals surface area contributed by atoms with Gasteiger partial charge in [-0.1, -0.05) is 79.2 Å². The van der Waals surface area contributed by atoms with Crippen LogP contribution < -0.4 is 5.32 Å². The number of rotatable bonds is 4. The number of benzene rings is 3. The monoisotopic (exact) mass is 329 g/mol. The molecule has 0 saturated heterocycles. The largest absolute Gasteiger partial charge is 0.307 e. The van der Waals surface area contributed by atoms with Gasteiger partial charge in [0.25, 0.3) is 0 Å². The Bertz CT molecular complexity index is 818. The fraction of sp³-hybridized carbons (Fsp3) is 0.333. The van der Waals surface area contributed by atoms with Crippen molar-refractivity contribution in [2.45, 2.75) is 50.6 Å². The van der Waals surface area contributed by atoms with Gasteiger partial charge in [0.1, 0.15) is 0 Å². The van der Waals surface area contributed by atoms with Gasteiger partial charge in [0.2, 0.25) is 0 Å². The van der Waals surface area contributed by atoms with Crippen molar-refractivity contribution < 1.29 is 0 Å². The van der Waals surface area contributed by atoms with E-state index in [1.165, 1.54) is 47.6 Å². The summed E-state index contributed by atoms with van der Waals surface area (Å²) in [7, 11) is 0. The zero-order valence-electron chi connectivity index (χ0n) is 15.0. The third-order valence-corrected chi connectivity index (χ3v) is 5.72. The Kier molecular flexibility index (Phi) is 4.85. The van der Waals surface area contributed by atoms with Gasteiger partial charge < -0.3 is 5.32 Å². The molecule has 3 unspecified atom stereocenters. The van der Waals surface area contributed by atoms with E-state index >= 15 is 0 Å². The van der Waals surface area contributed by atoms with Crippen molar-refractivity contribution >= 4 is 10.8 Å². The van der Waals surface area contributed by atoms with Crippen molar-refractivity contribution in [3.63, 3.8) is 0 Å². The molecule has 1 fully saturated rings. The summed E-state index contributed by atoms with van der Waals surface area (Å²) in [6.45, 7) is 2.31. The molecule has 25 heavy (non-hydrogen) atoms. The molecule has 128 valence electrons. The number of hydrogen-bond donors (Lipinski definition) is 1. The van der Waals surface area contributed by atoms with Crippen LogP contribution >= 0.6 is 0 Å². The summed E-state index contributed by atoms with van der Waals surface area (Å²) >= 11 is 0. The predicted molar refractivity (Wildman–Crippen MR) is 107 cm³/mol. The van der Waals surface area contributed by atoms with Gasteiger partial charge in [0.15, 0.2) is 0 Å². The highest BCUT2D eigenvalue weighted by molar-refractivity contribution is 5.86. The average Bonchev–Trinajstić information content (AvgIpc) is 2.68. The summed E-state index contributed by atoms with van der Waals surface area (Å²) in [5.74, 6) is 0.701. The van der Waals surface area contributed by atoms with Crippen LogP contribution in [0.5, 0.6) is 0 Å². The molecule has 0 aromatic heterocycles. The maximum absolute atomic E-state index is 3.93. The van der Waals surface area contributed by atoms with Crippen LogP contribution in [0.4, 0.5) is 0 Å². The molecule has 3 atom stereocenters. The van der Waals surface area contributed by atoms with Crippen LogP contribution in [0.15, 0.2) is 72.8 Å². The number of fused-ring (bicyclic) bond motifs is 1. The Hall–Kier alpha value is -2.12. The van der Waals surface area contributed by atoms with Crippen LogP contribution in [0.3, 0.4) is 0 Å². The molecule has 1 nitrogen and oxygen atoms in total. The summed E-state index contributed by atoms with van der Waals surface area (Å²) in [5, 5.41) is 6.64. The summed E-state index contributed by atoms with van der Waals surface area (Å²) in [6, 6.07) is 27.4. The van der Waals surface area contributed by atoms with Gasteiger partial charge in [0, 0.05) is 12.1 Å². The lowest BCUT2D eigenvalue weighted by atomic mass is 9.81. The van der Waals surface area contributed by atoms with Crippen LogP contribution in [0.2, 0.25) is 0 Å². The minimum Gasteiger partial charge on any atom is -0.307 e. The molecule has 1 aliphatic rings. The molecule has 1 saturated carbocycles. The summed E-state index contributed by atoms with van der Waals surface area (Å²) in [4.78, 5) is 0. The van der Waals surface area contributed by atoms with Gasteiger partial charge in [-0.25, -0.2) is 0 Å². The molecule has 3 aromatic rings. The Morgan fingerprint density at radius 2 is 1.60 bits per heavy atom. The normalized spacial score (nSPS) is 22.0. The maximum Gasteiger partial charge on any atom is 0.0300 e. The van der Waals surface area contributed by atoms with E-state index in [-0.39, 0.29) is 0 Å². The van der Waals surface area contributed by atoms with Crippen molar-refractivity contribution in [1.29, 1.82) is 0 Å². The summed E-state index contributed by atoms with van der Waals surface area (Å²) in [5.41, 5.74) is 2.92. The molecule has 3 aromatic carbocycles. The van der Waals surface area contributed by atoms with E-state index < -0.39 is 0 Å². The fourth-order valence-corrected chi connectivity index (χ4v) is 4.44. The van der Waals surface area contributed by atoms with Crippen LogP contribution in [0, 0.1) is 0 Å². The number of hydrogen-bond acceptors (Lipinski definition) is 1. The third kappa shape index (κ3) is 3.62. The van der Waals surface area contributed by atoms with E-state index in [1.807, 2.05) is 0 Å². The first kappa shape index (κ1) is 16.4. The smallest absolute Gasteiger partial charge is 0.0300 e. The molecule has 1 aliphatic carbocycles. The Morgan fingerprint density at radius 3 is 2.48 bits per heavy atom. The Labute approximate surface area is 151 Å². The molecule has 0 amide bonds. The molecular weight excluding hydrogens is 302 g/mol. The van der Waals surface area contributed by atoms with Crippen LogP contribution in [0.1, 0.15) is 55.7 Å². The summed E-state index contributed by atoms with van der Waals surface area (Å²) in [6.07, 6.45) is 5.18. The summed E-state index contributed by atoms with van der Waals surface area (Å²) < 4.78 is 0. The topological polar surface area (TPSA) is 12.0 Å². The van der Waals surface area contributed by atoms with Gasteiger partial charge in [-0.15, -0.1) is 0 Å². The fourth-order valence-electron chi connectivity index (χ4n) is 4.44. The van der Waals surface area contributed by atoms with Gasteiger partial charge in [-0.05, 0) is 54.0 Å². The minimum atomic E-state index is 0.380. The highest BCUT2D eigenvalue weighted by atomic mass is 14.9. The standard InChI is InChI=1S/C24H27N/c1-18(23-16-8-12-20-11-5-6-15-24(20)23)25-22-14-7-13-21(17-22)19-9-3-2-4-10-19/h2-6,8-12,15-16,18,21-22,25H,7,13-14,17H2,1H3. The second-order valence-corrected chi connectivity index (χ2v) is 7.43. The lowest BCUT2D eigenvalue weighted by Gasteiger charge is -2.32. The average molecular weight is 329 g/mol. The van der Waals surface area contributed by atoms with Crippen molar-refractivity contribution in [1.82, 2.24) is 5.32 Å². The van der Waals surface area contributed by atoms with Crippen LogP contribution in [-0.4, -0.2) is 6.04 Å². The first-order chi connectivity index (χ1) is 12.3. The minimum absolute atomic E-state index is 0.380. The van der Waals surface area contributed by atoms with Crippen molar-refractivity contribution in [2.24, 2.45) is 0 Å². The van der Waals surface area contributed by atoms with Crippen molar-refractivity contribution in [2.75, 3.05) is 0 Å². The SMILES string of the molecule is CC(NC1CCCC(c2ccccc2)C1)c1cccc2ccccc12. The molecule has 0 heterocycles. The third-order valence-electron chi connectivity index (χ3n) is 5.72. The van der Waals surface area contributed by atoms with E-state index in [1.54, 1.807) is 0 Å².